The van der Waals surface area contributed by atoms with E-state index in [1.54, 1.807) is 20.2 Å². The number of guanidine groups is 1. The van der Waals surface area contributed by atoms with Gasteiger partial charge < -0.3 is 20.0 Å². The van der Waals surface area contributed by atoms with Crippen molar-refractivity contribution >= 4 is 41.8 Å². The van der Waals surface area contributed by atoms with Gasteiger partial charge in [-0.1, -0.05) is 6.08 Å². The molecule has 1 heterocycles. The van der Waals surface area contributed by atoms with Crippen LogP contribution in [-0.2, 0) is 9.59 Å². The summed E-state index contributed by atoms with van der Waals surface area (Å²) in [6.07, 6.45) is 1.72. The van der Waals surface area contributed by atoms with Gasteiger partial charge in [0.25, 0.3) is 0 Å². The summed E-state index contributed by atoms with van der Waals surface area (Å²) in [4.78, 5) is 34.1. The van der Waals surface area contributed by atoms with E-state index < -0.39 is 0 Å². The van der Waals surface area contributed by atoms with Gasteiger partial charge >= 0.3 is 0 Å². The molecule has 0 atom stereocenters. The van der Waals surface area contributed by atoms with Crippen LogP contribution in [0.1, 0.15) is 27.7 Å². The molecule has 1 rings (SSSR count). The van der Waals surface area contributed by atoms with Crippen molar-refractivity contribution in [1.82, 2.24) is 20.0 Å². The smallest absolute Gasteiger partial charge is 0.243 e. The summed E-state index contributed by atoms with van der Waals surface area (Å²) in [5.74, 6) is 0.544. The van der Waals surface area contributed by atoms with Gasteiger partial charge in [0.2, 0.25) is 11.8 Å². The number of hydrogen-bond donors (Lipinski definition) is 1. The van der Waals surface area contributed by atoms with E-state index in [0.717, 1.165) is 0 Å². The Morgan fingerprint density at radius 3 is 2.48 bits per heavy atom. The maximum Gasteiger partial charge on any atom is 0.243 e. The zero-order chi connectivity index (χ0) is 18.5. The maximum atomic E-state index is 12.6. The molecular formula is C17H32IN5O2. The van der Waals surface area contributed by atoms with E-state index >= 15 is 0 Å². The largest absolute Gasteiger partial charge is 0.353 e. The van der Waals surface area contributed by atoms with Crippen molar-refractivity contribution in [3.8, 4) is 0 Å². The molecule has 1 fully saturated rings. The molecule has 0 aliphatic carbocycles. The van der Waals surface area contributed by atoms with Crippen LogP contribution in [-0.4, -0.2) is 84.3 Å². The van der Waals surface area contributed by atoms with Crippen molar-refractivity contribution in [3.05, 3.63) is 12.7 Å². The molecule has 1 aliphatic heterocycles. The lowest BCUT2D eigenvalue weighted by atomic mass is 9.96. The first kappa shape index (κ1) is 23.7. The molecule has 0 aromatic heterocycles. The number of hydrogen-bond acceptors (Lipinski definition) is 3. The lowest BCUT2D eigenvalue weighted by molar-refractivity contribution is -0.145. The van der Waals surface area contributed by atoms with Crippen LogP contribution >= 0.6 is 24.0 Å². The minimum Gasteiger partial charge on any atom is -0.353 e. The van der Waals surface area contributed by atoms with Crippen LogP contribution in [0.25, 0.3) is 0 Å². The Kier molecular flexibility index (Phi) is 9.45. The quantitative estimate of drug-likeness (QED) is 0.287. The molecule has 0 bridgehead atoms. The Balaban J connectivity index is 0.00000576. The first-order chi connectivity index (χ1) is 11.1. The second kappa shape index (κ2) is 9.98. The monoisotopic (exact) mass is 465 g/mol. The van der Waals surface area contributed by atoms with Crippen LogP contribution in [0.5, 0.6) is 0 Å². The topological polar surface area (TPSA) is 68.2 Å². The van der Waals surface area contributed by atoms with Crippen molar-refractivity contribution in [2.45, 2.75) is 39.3 Å². The lowest BCUT2D eigenvalue weighted by Crippen LogP contribution is -2.66. The molecule has 0 radical (unpaired) electrons. The van der Waals surface area contributed by atoms with Gasteiger partial charge in [-0.3, -0.25) is 9.59 Å². The van der Waals surface area contributed by atoms with Gasteiger partial charge in [0.05, 0.1) is 12.1 Å². The van der Waals surface area contributed by atoms with E-state index in [9.17, 15) is 9.59 Å². The van der Waals surface area contributed by atoms with Crippen molar-refractivity contribution in [2.24, 2.45) is 4.99 Å². The summed E-state index contributed by atoms with van der Waals surface area (Å²) < 4.78 is 0. The van der Waals surface area contributed by atoms with E-state index in [2.05, 4.69) is 16.9 Å². The van der Waals surface area contributed by atoms with Crippen LogP contribution < -0.4 is 5.32 Å². The molecule has 2 amide bonds. The second-order valence-electron chi connectivity index (χ2n) is 7.12. The number of rotatable bonds is 5. The number of amides is 2. The third-order valence-corrected chi connectivity index (χ3v) is 3.91. The fraction of sp³-hybridized carbons (Fsp3) is 0.706. The summed E-state index contributed by atoms with van der Waals surface area (Å²) >= 11 is 0. The highest BCUT2D eigenvalue weighted by molar-refractivity contribution is 14.0. The van der Waals surface area contributed by atoms with Crippen LogP contribution in [0, 0.1) is 0 Å². The van der Waals surface area contributed by atoms with Gasteiger partial charge in [0, 0.05) is 33.2 Å². The van der Waals surface area contributed by atoms with Gasteiger partial charge in [-0.05, 0) is 27.7 Å². The number of piperazine rings is 1. The predicted octanol–water partition coefficient (Wildman–Crippen LogP) is 1.16. The summed E-state index contributed by atoms with van der Waals surface area (Å²) in [6.45, 7) is 13.3. The molecule has 1 N–H and O–H groups in total. The highest BCUT2D eigenvalue weighted by Crippen LogP contribution is 2.24. The molecular weight excluding hydrogens is 433 g/mol. The molecule has 7 nitrogen and oxygen atoms in total. The maximum absolute atomic E-state index is 12.6. The van der Waals surface area contributed by atoms with Crippen LogP contribution in [0.3, 0.4) is 0 Å². The van der Waals surface area contributed by atoms with Crippen LogP contribution in [0.2, 0.25) is 0 Å². The van der Waals surface area contributed by atoms with E-state index in [1.165, 1.54) is 4.90 Å². The van der Waals surface area contributed by atoms with Gasteiger partial charge in [-0.2, -0.15) is 0 Å². The SMILES string of the molecule is C=CCNC(=NCC(=O)N(C)C)N1CC(=O)N(C(C)C)C(C)(C)C1.I. The minimum absolute atomic E-state index is 0. The average Bonchev–Trinajstić information content (AvgIpc) is 2.44. The molecule has 0 unspecified atom stereocenters. The average molecular weight is 465 g/mol. The summed E-state index contributed by atoms with van der Waals surface area (Å²) in [6, 6.07) is 0.145. The molecule has 0 spiro atoms. The Labute approximate surface area is 168 Å². The zero-order valence-corrected chi connectivity index (χ0v) is 18.5. The molecule has 25 heavy (non-hydrogen) atoms. The second-order valence-corrected chi connectivity index (χ2v) is 7.12. The van der Waals surface area contributed by atoms with Crippen molar-refractivity contribution in [3.63, 3.8) is 0 Å². The number of carbonyl (C=O) groups excluding carboxylic acids is 2. The minimum atomic E-state index is -0.314. The number of carbonyl (C=O) groups is 2. The number of likely N-dealkylation sites (N-methyl/N-ethyl adjacent to an activating group) is 1. The number of nitrogens with one attached hydrogen (secondary N) is 1. The fourth-order valence-electron chi connectivity index (χ4n) is 3.03. The molecule has 144 valence electrons. The standard InChI is InChI=1S/C17H31N5O2.HI/c1-8-9-18-16(19-10-14(23)20(6)7)21-11-15(24)22(13(2)3)17(4,5)12-21;/h8,13H,1,9-12H2,2-7H3,(H,18,19);1H. The first-order valence-corrected chi connectivity index (χ1v) is 8.26. The third-order valence-electron chi connectivity index (χ3n) is 3.91. The van der Waals surface area contributed by atoms with E-state index in [4.69, 9.17) is 0 Å². The predicted molar refractivity (Wildman–Crippen MR) is 112 cm³/mol. The molecule has 0 aromatic rings. The van der Waals surface area contributed by atoms with Crippen LogP contribution in [0.4, 0.5) is 0 Å². The van der Waals surface area contributed by atoms with E-state index in [0.29, 0.717) is 19.0 Å². The van der Waals surface area contributed by atoms with Crippen molar-refractivity contribution in [1.29, 1.82) is 0 Å². The molecule has 1 saturated heterocycles. The molecule has 0 saturated carbocycles. The number of aliphatic imine (C=N–C) groups is 1. The van der Waals surface area contributed by atoms with Gasteiger partial charge in [0.1, 0.15) is 6.54 Å². The Morgan fingerprint density at radius 1 is 1.44 bits per heavy atom. The Morgan fingerprint density at radius 2 is 2.04 bits per heavy atom. The normalized spacial score (nSPS) is 17.2. The number of halogens is 1. The Hall–Kier alpha value is -1.32. The van der Waals surface area contributed by atoms with Crippen molar-refractivity contribution in [2.75, 3.05) is 40.3 Å². The molecule has 0 aromatic carbocycles. The zero-order valence-electron chi connectivity index (χ0n) is 16.2. The van der Waals surface area contributed by atoms with Gasteiger partial charge in [-0.25, -0.2) is 4.99 Å². The summed E-state index contributed by atoms with van der Waals surface area (Å²) in [5, 5.41) is 3.15. The number of nitrogens with zero attached hydrogens (tertiary/aromatic N) is 4. The fourth-order valence-corrected chi connectivity index (χ4v) is 3.03. The molecule has 8 heteroatoms. The summed E-state index contributed by atoms with van der Waals surface area (Å²) in [5.41, 5.74) is -0.314. The first-order valence-electron chi connectivity index (χ1n) is 8.26. The van der Waals surface area contributed by atoms with Crippen molar-refractivity contribution < 1.29 is 9.59 Å². The van der Waals surface area contributed by atoms with E-state index in [-0.39, 0.29) is 60.5 Å². The Bertz CT molecular complexity index is 517. The lowest BCUT2D eigenvalue weighted by Gasteiger charge is -2.49. The van der Waals surface area contributed by atoms with Gasteiger partial charge in [-0.15, -0.1) is 30.6 Å². The van der Waals surface area contributed by atoms with E-state index in [1.807, 2.05) is 37.5 Å². The summed E-state index contributed by atoms with van der Waals surface area (Å²) in [7, 11) is 3.39. The van der Waals surface area contributed by atoms with Gasteiger partial charge in [0.15, 0.2) is 5.96 Å². The highest BCUT2D eigenvalue weighted by atomic mass is 127. The molecule has 1 aliphatic rings. The highest BCUT2D eigenvalue weighted by Gasteiger charge is 2.40. The third kappa shape index (κ3) is 6.48. The van der Waals surface area contributed by atoms with Crippen LogP contribution in [0.15, 0.2) is 17.6 Å².